The van der Waals surface area contributed by atoms with E-state index in [9.17, 15) is 24.9 Å². The Balaban J connectivity index is 2.11. The van der Waals surface area contributed by atoms with Crippen molar-refractivity contribution >= 4 is 23.2 Å². The minimum absolute atomic E-state index is 0.0322. The van der Waals surface area contributed by atoms with E-state index in [4.69, 9.17) is 11.6 Å². The van der Waals surface area contributed by atoms with Crippen molar-refractivity contribution in [3.63, 3.8) is 0 Å². The second kappa shape index (κ2) is 6.86. The number of rotatable bonds is 5. The zero-order valence-electron chi connectivity index (χ0n) is 16.5. The van der Waals surface area contributed by atoms with Gasteiger partial charge in [0, 0.05) is 17.8 Å². The Morgan fingerprint density at radius 3 is 2.54 bits per heavy atom. The van der Waals surface area contributed by atoms with Crippen molar-refractivity contribution in [3.05, 3.63) is 12.7 Å². The molecule has 0 spiro atoms. The summed E-state index contributed by atoms with van der Waals surface area (Å²) in [5.74, 6) is -2.72. The summed E-state index contributed by atoms with van der Waals surface area (Å²) in [6.07, 6.45) is -0.444. The summed E-state index contributed by atoms with van der Waals surface area (Å²) in [7, 11) is 0. The molecule has 3 aliphatic carbocycles. The Labute approximate surface area is 170 Å². The fourth-order valence-electron chi connectivity index (χ4n) is 6.63. The van der Waals surface area contributed by atoms with Crippen LogP contribution in [0.25, 0.3) is 0 Å². The maximum atomic E-state index is 16.7. The molecule has 0 radical (unpaired) electrons. The molecule has 0 saturated heterocycles. The van der Waals surface area contributed by atoms with Gasteiger partial charge in [0.1, 0.15) is 5.78 Å². The van der Waals surface area contributed by atoms with Crippen LogP contribution in [0.4, 0.5) is 4.39 Å². The first-order chi connectivity index (χ1) is 12.9. The summed E-state index contributed by atoms with van der Waals surface area (Å²) >= 11 is 5.69. The van der Waals surface area contributed by atoms with Gasteiger partial charge in [0.05, 0.1) is 23.5 Å². The lowest BCUT2D eigenvalue weighted by Crippen LogP contribution is -2.71. The van der Waals surface area contributed by atoms with Crippen LogP contribution in [0, 0.1) is 22.7 Å². The third kappa shape index (κ3) is 2.41. The lowest BCUT2D eigenvalue weighted by Gasteiger charge is -2.61. The molecule has 3 rings (SSSR count). The third-order valence-electron chi connectivity index (χ3n) is 8.31. The number of hydrogen-bond donors (Lipinski definition) is 3. The molecule has 0 heterocycles. The predicted molar refractivity (Wildman–Crippen MR) is 103 cm³/mol. The number of carbonyl (C=O) groups is 2. The maximum Gasteiger partial charge on any atom is 0.182 e. The predicted octanol–water partition coefficient (Wildman–Crippen LogP) is 2.34. The number of halogens is 2. The largest absolute Gasteiger partial charge is 0.390 e. The molecule has 0 aromatic rings. The minimum Gasteiger partial charge on any atom is -0.390 e. The first-order valence-electron chi connectivity index (χ1n) is 9.96. The lowest BCUT2D eigenvalue weighted by atomic mass is 9.45. The molecule has 3 saturated carbocycles. The highest BCUT2D eigenvalue weighted by molar-refractivity contribution is 6.29. The van der Waals surface area contributed by atoms with E-state index in [1.807, 2.05) is 0 Å². The number of alkyl halides is 2. The van der Waals surface area contributed by atoms with E-state index >= 15 is 4.39 Å². The number of fused-ring (bicyclic) bond motifs is 3. The Morgan fingerprint density at radius 1 is 1.32 bits per heavy atom. The standard InChI is InChI=1S/C21H30ClFO5/c1-4-5-8-18(2)14(24)7-6-12-13-9-15(25)21(28,17(27)11-22)19(13,3)10-16(26)20(12,18)23/h4,12-13,15-16,25-26,28H,1,5-11H2,2-3H3/t12-,13-,15+,16-,18-,19-,20?,21-/m0/s1. The van der Waals surface area contributed by atoms with Gasteiger partial charge in [-0.3, -0.25) is 9.59 Å². The van der Waals surface area contributed by atoms with E-state index < -0.39 is 57.8 Å². The molecule has 3 aliphatic rings. The summed E-state index contributed by atoms with van der Waals surface area (Å²) in [6.45, 7) is 6.85. The first kappa shape index (κ1) is 21.9. The molecule has 7 heteroatoms. The minimum atomic E-state index is -2.19. The van der Waals surface area contributed by atoms with Crippen molar-refractivity contribution in [3.8, 4) is 0 Å². The van der Waals surface area contributed by atoms with Crippen molar-refractivity contribution in [2.24, 2.45) is 22.7 Å². The molecule has 28 heavy (non-hydrogen) atoms. The van der Waals surface area contributed by atoms with Crippen LogP contribution in [-0.2, 0) is 9.59 Å². The molecule has 3 N–H and O–H groups in total. The molecule has 0 aromatic heterocycles. The first-order valence-corrected chi connectivity index (χ1v) is 10.5. The number of aliphatic hydroxyl groups is 3. The Hall–Kier alpha value is -0.820. The van der Waals surface area contributed by atoms with Gasteiger partial charge in [-0.1, -0.05) is 13.0 Å². The van der Waals surface area contributed by atoms with Crippen LogP contribution >= 0.6 is 11.6 Å². The Kier molecular flexibility index (Phi) is 5.36. The van der Waals surface area contributed by atoms with Crippen LogP contribution in [-0.4, -0.2) is 56.2 Å². The highest BCUT2D eigenvalue weighted by Gasteiger charge is 2.76. The maximum absolute atomic E-state index is 16.7. The molecule has 1 unspecified atom stereocenters. The van der Waals surface area contributed by atoms with E-state index in [1.54, 1.807) is 19.9 Å². The van der Waals surface area contributed by atoms with Gasteiger partial charge in [0.2, 0.25) is 0 Å². The molecule has 0 aromatic carbocycles. The van der Waals surface area contributed by atoms with E-state index in [1.165, 1.54) is 0 Å². The van der Waals surface area contributed by atoms with Crippen LogP contribution in [0.1, 0.15) is 52.4 Å². The van der Waals surface area contributed by atoms with E-state index in [0.717, 1.165) is 0 Å². The number of carbonyl (C=O) groups excluding carboxylic acids is 2. The van der Waals surface area contributed by atoms with Gasteiger partial charge in [-0.05, 0) is 44.9 Å². The van der Waals surface area contributed by atoms with Crippen LogP contribution in [0.2, 0.25) is 0 Å². The molecule has 0 aliphatic heterocycles. The van der Waals surface area contributed by atoms with Crippen LogP contribution in [0.5, 0.6) is 0 Å². The number of Topliss-reactive ketones (excluding diaryl/α,β-unsaturated/α-hetero) is 2. The quantitative estimate of drug-likeness (QED) is 0.472. The molecule has 0 amide bonds. The summed E-state index contributed by atoms with van der Waals surface area (Å²) < 4.78 is 16.7. The van der Waals surface area contributed by atoms with Crippen molar-refractivity contribution in [2.75, 3.05) is 5.88 Å². The molecule has 3 fully saturated rings. The molecule has 158 valence electrons. The number of aliphatic hydroxyl groups excluding tert-OH is 2. The highest BCUT2D eigenvalue weighted by atomic mass is 35.5. The van der Waals surface area contributed by atoms with E-state index in [-0.39, 0.29) is 37.9 Å². The van der Waals surface area contributed by atoms with Crippen molar-refractivity contribution in [1.29, 1.82) is 0 Å². The van der Waals surface area contributed by atoms with Gasteiger partial charge >= 0.3 is 0 Å². The van der Waals surface area contributed by atoms with Crippen LogP contribution in [0.3, 0.4) is 0 Å². The highest BCUT2D eigenvalue weighted by Crippen LogP contribution is 2.68. The molecule has 5 nitrogen and oxygen atoms in total. The molecule has 8 atom stereocenters. The lowest BCUT2D eigenvalue weighted by molar-refractivity contribution is -0.233. The second-order valence-electron chi connectivity index (χ2n) is 9.31. The average Bonchev–Trinajstić information content (AvgIpc) is 2.85. The van der Waals surface area contributed by atoms with Gasteiger partial charge in [0.25, 0.3) is 0 Å². The van der Waals surface area contributed by atoms with Gasteiger partial charge < -0.3 is 15.3 Å². The smallest absolute Gasteiger partial charge is 0.182 e. The summed E-state index contributed by atoms with van der Waals surface area (Å²) in [5.41, 5.74) is -6.93. The fraction of sp³-hybridized carbons (Fsp3) is 0.810. The van der Waals surface area contributed by atoms with Gasteiger partial charge in [0.15, 0.2) is 17.1 Å². The summed E-state index contributed by atoms with van der Waals surface area (Å²) in [4.78, 5) is 25.3. The van der Waals surface area contributed by atoms with Gasteiger partial charge in [-0.2, -0.15) is 0 Å². The Bertz CT molecular complexity index is 700. The van der Waals surface area contributed by atoms with Crippen molar-refractivity contribution in [2.45, 2.75) is 75.9 Å². The van der Waals surface area contributed by atoms with E-state index in [0.29, 0.717) is 6.42 Å². The van der Waals surface area contributed by atoms with Crippen LogP contribution in [0.15, 0.2) is 12.7 Å². The van der Waals surface area contributed by atoms with E-state index in [2.05, 4.69) is 6.58 Å². The molecular formula is C21H30ClFO5. The normalized spacial score (nSPS) is 50.8. The zero-order valence-corrected chi connectivity index (χ0v) is 17.2. The topological polar surface area (TPSA) is 94.8 Å². The SMILES string of the molecule is C=CCC[C@@]1(C)C(=O)CC[C@H]2[C@@H]3C[C@@H](O)[C@](O)(C(=O)CCl)[C@@]3(C)C[C@H](O)C21F. The monoisotopic (exact) mass is 416 g/mol. The molecular weight excluding hydrogens is 387 g/mol. The second-order valence-corrected chi connectivity index (χ2v) is 9.58. The fourth-order valence-corrected chi connectivity index (χ4v) is 6.84. The number of hydrogen-bond acceptors (Lipinski definition) is 5. The van der Waals surface area contributed by atoms with Crippen molar-refractivity contribution < 1.29 is 29.3 Å². The summed E-state index contributed by atoms with van der Waals surface area (Å²) in [6, 6.07) is 0. The number of ketones is 2. The zero-order chi connectivity index (χ0) is 21.1. The summed E-state index contributed by atoms with van der Waals surface area (Å²) in [5, 5.41) is 32.8. The number of allylic oxidation sites excluding steroid dienone is 1. The third-order valence-corrected chi connectivity index (χ3v) is 8.56. The Morgan fingerprint density at radius 2 is 1.96 bits per heavy atom. The van der Waals surface area contributed by atoms with Gasteiger partial charge in [-0.25, -0.2) is 4.39 Å². The van der Waals surface area contributed by atoms with Crippen LogP contribution < -0.4 is 0 Å². The molecule has 0 bridgehead atoms. The average molecular weight is 417 g/mol. The van der Waals surface area contributed by atoms with Crippen molar-refractivity contribution in [1.82, 2.24) is 0 Å². The van der Waals surface area contributed by atoms with Gasteiger partial charge in [-0.15, -0.1) is 18.2 Å².